The van der Waals surface area contributed by atoms with E-state index in [0.717, 1.165) is 82.6 Å². The number of furan rings is 2. The van der Waals surface area contributed by atoms with Gasteiger partial charge in [0.25, 0.3) is 0 Å². The zero-order valence-corrected chi connectivity index (χ0v) is 58.8. The van der Waals surface area contributed by atoms with Crippen LogP contribution in [-0.4, -0.2) is 21.2 Å². The topological polar surface area (TPSA) is 88.8 Å². The molecule has 0 spiro atoms. The molecular weight excluding hydrogens is 1310 g/mol. The van der Waals surface area contributed by atoms with E-state index in [4.69, 9.17) is 22.0 Å². The summed E-state index contributed by atoms with van der Waals surface area (Å²) in [5.41, 5.74) is 8.27. The van der Waals surface area contributed by atoms with E-state index in [-0.39, 0.29) is 46.1 Å². The van der Waals surface area contributed by atoms with Crippen molar-refractivity contribution in [3.8, 4) is 67.5 Å². The summed E-state index contributed by atoms with van der Waals surface area (Å²) < 4.78 is 70.4. The van der Waals surface area contributed by atoms with E-state index in [1.54, 1.807) is 42.8 Å². The maximum atomic E-state index is 10.1. The fraction of sp³-hybridized carbons (Fsp3) is 0. The molecule has 512 valence electrons. The molecule has 0 saturated carbocycles. The number of allylic oxidation sites excluding steroid dienone is 7. The maximum Gasteiger partial charge on any atom is 0.143 e. The molecule has 0 atom stereocenters. The average Bonchev–Trinajstić information content (AvgIpc) is 1.40. The second-order valence-electron chi connectivity index (χ2n) is 25.5. The van der Waals surface area contributed by atoms with Crippen LogP contribution in [0.2, 0.25) is 0 Å². The highest BCUT2D eigenvalue weighted by Crippen LogP contribution is 2.53. The monoisotopic (exact) mass is 1390 g/mol. The molecular formula is C102H72N4O2. The number of nitrogens with one attached hydrogen (secondary N) is 1. The Bertz CT molecular complexity index is 6960. The first-order valence-electron chi connectivity index (χ1n) is 38.6. The fourth-order valence-electron chi connectivity index (χ4n) is 14.1. The van der Waals surface area contributed by atoms with Crippen LogP contribution in [0.5, 0.6) is 0 Å². The van der Waals surface area contributed by atoms with Gasteiger partial charge in [-0.05, 0) is 153 Å². The number of hydrogen-bond donors (Lipinski definition) is 1. The van der Waals surface area contributed by atoms with Gasteiger partial charge in [0.05, 0.1) is 30.6 Å². The van der Waals surface area contributed by atoms with Crippen LogP contribution >= 0.6 is 0 Å². The van der Waals surface area contributed by atoms with Crippen molar-refractivity contribution in [2.45, 2.75) is 0 Å². The van der Waals surface area contributed by atoms with Gasteiger partial charge in [0.1, 0.15) is 23.0 Å². The van der Waals surface area contributed by atoms with Crippen molar-refractivity contribution in [2.24, 2.45) is 0 Å². The molecule has 0 unspecified atom stereocenters. The first-order valence-corrected chi connectivity index (χ1v) is 35.6. The molecule has 0 radical (unpaired) electrons. The Morgan fingerprint density at radius 2 is 0.843 bits per heavy atom. The highest BCUT2D eigenvalue weighted by Gasteiger charge is 2.29. The Hall–Kier alpha value is -14.5. The largest absolute Gasteiger partial charge is 0.457 e. The first-order chi connectivity index (χ1) is 56.0. The lowest BCUT2D eigenvalue weighted by molar-refractivity contribution is 0.572. The van der Waals surface area contributed by atoms with E-state index in [0.29, 0.717) is 44.9 Å². The van der Waals surface area contributed by atoms with Crippen molar-refractivity contribution in [2.75, 3.05) is 0 Å². The van der Waals surface area contributed by atoms with Crippen LogP contribution < -0.4 is 0 Å². The predicted octanol–water partition coefficient (Wildman–Crippen LogP) is 28.1. The maximum absolute atomic E-state index is 10.1. The third-order valence-electron chi connectivity index (χ3n) is 19.0. The summed E-state index contributed by atoms with van der Waals surface area (Å²) in [5, 5.41) is 23.0. The molecule has 19 rings (SSSR count). The lowest BCUT2D eigenvalue weighted by atomic mass is 9.86. The van der Waals surface area contributed by atoms with Crippen LogP contribution in [0.1, 0.15) is 25.2 Å². The Labute approximate surface area is 635 Å². The van der Waals surface area contributed by atoms with E-state index < -0.39 is 12.1 Å². The van der Waals surface area contributed by atoms with Gasteiger partial charge in [-0.15, -0.1) is 0 Å². The molecule has 5 aromatic heterocycles. The molecule has 0 bridgehead atoms. The van der Waals surface area contributed by atoms with E-state index in [1.165, 1.54) is 38.5 Å². The molecule has 0 aliphatic carbocycles. The molecule has 0 aliphatic heterocycles. The summed E-state index contributed by atoms with van der Waals surface area (Å²) in [6, 6.07) is 95.3. The minimum Gasteiger partial charge on any atom is -0.457 e. The summed E-state index contributed by atoms with van der Waals surface area (Å²) in [6.45, 7) is 7.38. The van der Waals surface area contributed by atoms with E-state index in [1.807, 2.05) is 212 Å². The lowest BCUT2D eigenvalue weighted by Gasteiger charge is -2.15. The predicted molar refractivity (Wildman–Crippen MR) is 459 cm³/mol. The van der Waals surface area contributed by atoms with Crippen molar-refractivity contribution in [3.05, 3.63) is 413 Å². The molecule has 6 nitrogen and oxygen atoms in total. The highest BCUT2D eigenvalue weighted by atomic mass is 16.3. The van der Waals surface area contributed by atoms with Crippen molar-refractivity contribution in [1.29, 1.82) is 5.41 Å². The summed E-state index contributed by atoms with van der Waals surface area (Å²) >= 11 is 0. The number of pyridine rings is 3. The zero-order chi connectivity index (χ0) is 78.2. The van der Waals surface area contributed by atoms with Gasteiger partial charge < -0.3 is 14.2 Å². The molecule has 5 heterocycles. The van der Waals surface area contributed by atoms with Gasteiger partial charge in [-0.1, -0.05) is 341 Å². The van der Waals surface area contributed by atoms with Gasteiger partial charge in [0.2, 0.25) is 0 Å². The molecule has 19 aromatic rings. The van der Waals surface area contributed by atoms with Crippen molar-refractivity contribution >= 4 is 122 Å². The summed E-state index contributed by atoms with van der Waals surface area (Å²) in [6.07, 6.45) is 23.1. The number of benzene rings is 13. The van der Waals surface area contributed by atoms with Gasteiger partial charge >= 0.3 is 0 Å². The van der Waals surface area contributed by atoms with Gasteiger partial charge in [-0.2, -0.15) is 0 Å². The third-order valence-corrected chi connectivity index (χ3v) is 19.0. The second-order valence-corrected chi connectivity index (χ2v) is 25.5. The summed E-state index contributed by atoms with van der Waals surface area (Å²) in [5.74, 6) is 2.67. The molecule has 0 amide bonds. The van der Waals surface area contributed by atoms with Gasteiger partial charge in [-0.25, -0.2) is 4.98 Å². The summed E-state index contributed by atoms with van der Waals surface area (Å²) in [7, 11) is 0. The number of nitrogens with zero attached hydrogens (tertiary/aromatic N) is 3. The van der Waals surface area contributed by atoms with E-state index in [9.17, 15) is 5.48 Å². The molecule has 6 heteroatoms. The smallest absolute Gasteiger partial charge is 0.143 e. The van der Waals surface area contributed by atoms with Gasteiger partial charge in [-0.3, -0.25) is 9.97 Å². The zero-order valence-electron chi connectivity index (χ0n) is 64.8. The SMILES string of the molecule is C=C/C=C\C=C\c1ccc(-c2ccc3ccc4cccc5ccc2c3c45)o1.C=Cc1cccnc1/C=C/C=C\C=N.[2H]c1c([2H])c([2H])c2c(-c3c(-c4ccccc4)oc(-c4ccc5ccc6cccc7ccc4c5c67)c3-c3ccccc3)c([2H])c([2H])c(-c3ccc4ccc5cccnc5c4n3)c2c1[2H].c1ccccccccc1. The quantitative estimate of drug-likeness (QED) is 0.0706. The molecule has 0 saturated heterocycles. The van der Waals surface area contributed by atoms with Crippen molar-refractivity contribution < 1.29 is 17.1 Å². The van der Waals surface area contributed by atoms with Crippen LogP contribution in [0, 0.1) is 5.41 Å². The number of aromatic nitrogens is 3. The summed E-state index contributed by atoms with van der Waals surface area (Å²) in [4.78, 5) is 13.9. The van der Waals surface area contributed by atoms with E-state index >= 15 is 0 Å². The minimum atomic E-state index is -0.448. The Kier molecular flexibility index (Phi) is 17.9. The lowest BCUT2D eigenvalue weighted by Crippen LogP contribution is -1.92. The van der Waals surface area contributed by atoms with Crippen molar-refractivity contribution in [1.82, 2.24) is 15.0 Å². The third kappa shape index (κ3) is 13.9. The Morgan fingerprint density at radius 1 is 0.343 bits per heavy atom. The standard InChI is InChI=1S/C54H32N2O.C26H18O.C12H12N2.C10H10/c1-3-11-33(12-4-1)49-50(43-30-29-42(40-18-7-8-19-41(40)43)46-31-26-38-23-22-37-17-10-32-55-51(37)52(38)56-46)53(39-13-5-2-6-14-39)57-54(49)45-28-25-36-21-20-34-15-9-16-35-24-27-44(45)48(36)47(34)35;1-2-3-4-5-9-21-14-17-24(27-21)22-15-12-20-11-10-18-7-6-8-19-13-16-23(22)26(20)25(18)19;1-2-11-7-6-10-14-12(11)8-4-3-5-9-13;1-2-4-6-8-10-9-7-5-3-1/h1-32H;2-17H,1H2;2-10,13H,1H2;1-10H/b;4-3-,9-5+;5-3-,8-4+,13-9?;/i7D,8D,18D,19D,29D,30D;;;. The Balaban J connectivity index is 0.000000155. The Morgan fingerprint density at radius 3 is 1.47 bits per heavy atom. The highest BCUT2D eigenvalue weighted by molar-refractivity contribution is 6.27. The number of rotatable bonds is 13. The minimum absolute atomic E-state index is 0.0977. The molecule has 108 heavy (non-hydrogen) atoms. The van der Waals surface area contributed by atoms with Gasteiger partial charge in [0.15, 0.2) is 0 Å². The van der Waals surface area contributed by atoms with Crippen LogP contribution in [0.15, 0.2) is 404 Å². The van der Waals surface area contributed by atoms with E-state index in [2.05, 4.69) is 132 Å². The number of hydrogen-bond acceptors (Lipinski definition) is 6. The molecule has 1 N–H and O–H groups in total. The van der Waals surface area contributed by atoms with Crippen molar-refractivity contribution in [3.63, 3.8) is 0 Å². The molecule has 14 aromatic carbocycles. The van der Waals surface area contributed by atoms with Gasteiger partial charge in [0, 0.05) is 62.8 Å². The molecule has 0 fully saturated rings. The fourth-order valence-corrected chi connectivity index (χ4v) is 14.1. The van der Waals surface area contributed by atoms with Crippen LogP contribution in [-0.2, 0) is 0 Å². The normalized spacial score (nSPS) is 12.3. The van der Waals surface area contributed by atoms with Crippen LogP contribution in [0.3, 0.4) is 0 Å². The molecule has 0 aliphatic rings. The first kappa shape index (κ1) is 61.1. The average molecular weight is 1390 g/mol. The second kappa shape index (κ2) is 31.6. The van der Waals surface area contributed by atoms with Crippen LogP contribution in [0.25, 0.3) is 183 Å². The van der Waals surface area contributed by atoms with Crippen LogP contribution in [0.4, 0.5) is 0 Å². The number of fused-ring (bicyclic) bond motifs is 4.